The molecule has 0 radical (unpaired) electrons. The van der Waals surface area contributed by atoms with Crippen molar-refractivity contribution in [1.29, 1.82) is 0 Å². The molecule has 8 heteroatoms. The highest BCUT2D eigenvalue weighted by atomic mass is 19.4. The number of alkyl halides is 3. The number of aliphatic hydroxyl groups excluding tert-OH is 1. The predicted octanol–water partition coefficient (Wildman–Crippen LogP) is 0.920. The van der Waals surface area contributed by atoms with Gasteiger partial charge in [0.15, 0.2) is 0 Å². The monoisotopic (exact) mass is 299 g/mol. The SMILES string of the molecule is O=c1c2c(C(F)(F)F)cccc2ncn1[C@@H]1CNC[C@H]1O. The number of aliphatic hydroxyl groups is 1. The first-order chi connectivity index (χ1) is 9.89. The molecule has 2 aromatic rings. The van der Waals surface area contributed by atoms with Crippen molar-refractivity contribution >= 4 is 10.9 Å². The van der Waals surface area contributed by atoms with Crippen molar-refractivity contribution in [2.45, 2.75) is 18.3 Å². The highest BCUT2D eigenvalue weighted by molar-refractivity contribution is 5.81. The Morgan fingerprint density at radius 3 is 2.71 bits per heavy atom. The van der Waals surface area contributed by atoms with Gasteiger partial charge in [-0.2, -0.15) is 13.2 Å². The molecule has 5 nitrogen and oxygen atoms in total. The van der Waals surface area contributed by atoms with Gasteiger partial charge in [-0.1, -0.05) is 6.07 Å². The van der Waals surface area contributed by atoms with Gasteiger partial charge in [0.1, 0.15) is 0 Å². The van der Waals surface area contributed by atoms with Gasteiger partial charge in [0, 0.05) is 13.1 Å². The van der Waals surface area contributed by atoms with E-state index in [0.29, 0.717) is 6.54 Å². The lowest BCUT2D eigenvalue weighted by Gasteiger charge is -2.18. The van der Waals surface area contributed by atoms with Crippen molar-refractivity contribution in [3.8, 4) is 0 Å². The molecule has 0 bridgehead atoms. The summed E-state index contributed by atoms with van der Waals surface area (Å²) in [5.41, 5.74) is -1.81. The lowest BCUT2D eigenvalue weighted by molar-refractivity contribution is -0.136. The summed E-state index contributed by atoms with van der Waals surface area (Å²) >= 11 is 0. The average molecular weight is 299 g/mol. The van der Waals surface area contributed by atoms with Crippen LogP contribution in [0, 0.1) is 0 Å². The Morgan fingerprint density at radius 1 is 1.33 bits per heavy atom. The smallest absolute Gasteiger partial charge is 0.390 e. The fourth-order valence-corrected chi connectivity index (χ4v) is 2.59. The Labute approximate surface area is 117 Å². The summed E-state index contributed by atoms with van der Waals surface area (Å²) in [6.45, 7) is 0.596. The fourth-order valence-electron chi connectivity index (χ4n) is 2.59. The first-order valence-electron chi connectivity index (χ1n) is 6.35. The van der Waals surface area contributed by atoms with Crippen molar-refractivity contribution in [2.24, 2.45) is 0 Å². The van der Waals surface area contributed by atoms with Crippen molar-refractivity contribution in [3.05, 3.63) is 40.4 Å². The molecular weight excluding hydrogens is 287 g/mol. The van der Waals surface area contributed by atoms with Gasteiger partial charge in [-0.05, 0) is 12.1 Å². The molecule has 1 aromatic heterocycles. The van der Waals surface area contributed by atoms with E-state index in [1.165, 1.54) is 18.5 Å². The van der Waals surface area contributed by atoms with Crippen molar-refractivity contribution in [2.75, 3.05) is 13.1 Å². The van der Waals surface area contributed by atoms with Crippen molar-refractivity contribution in [1.82, 2.24) is 14.9 Å². The van der Waals surface area contributed by atoms with Gasteiger partial charge in [0.05, 0.1) is 34.9 Å². The Kier molecular flexibility index (Phi) is 3.22. The number of rotatable bonds is 1. The number of benzene rings is 1. The summed E-state index contributed by atoms with van der Waals surface area (Å²) in [5, 5.41) is 12.2. The normalized spacial score (nSPS) is 22.9. The third kappa shape index (κ3) is 2.30. The van der Waals surface area contributed by atoms with Gasteiger partial charge in [-0.3, -0.25) is 9.36 Å². The number of aromatic nitrogens is 2. The number of nitrogens with one attached hydrogen (secondary N) is 1. The summed E-state index contributed by atoms with van der Waals surface area (Å²) in [6, 6.07) is 2.82. The maximum Gasteiger partial charge on any atom is 0.417 e. The van der Waals surface area contributed by atoms with E-state index in [0.717, 1.165) is 10.6 Å². The molecular formula is C13H12F3N3O2. The second-order valence-electron chi connectivity index (χ2n) is 4.95. The molecule has 1 aromatic carbocycles. The molecule has 1 aliphatic heterocycles. The Hall–Kier alpha value is -1.93. The van der Waals surface area contributed by atoms with Crippen LogP contribution in [-0.2, 0) is 6.18 Å². The largest absolute Gasteiger partial charge is 0.417 e. The molecule has 21 heavy (non-hydrogen) atoms. The van der Waals surface area contributed by atoms with E-state index < -0.39 is 34.8 Å². The van der Waals surface area contributed by atoms with E-state index >= 15 is 0 Å². The summed E-state index contributed by atoms with van der Waals surface area (Å²) in [4.78, 5) is 16.3. The molecule has 0 aliphatic carbocycles. The van der Waals surface area contributed by atoms with Crippen LogP contribution in [0.4, 0.5) is 13.2 Å². The average Bonchev–Trinajstić information content (AvgIpc) is 2.84. The number of β-amino-alcohol motifs (C(OH)–C–C–N with tert-alkyl or cyclic N) is 1. The minimum Gasteiger partial charge on any atom is -0.390 e. The van der Waals surface area contributed by atoms with Gasteiger partial charge in [0.25, 0.3) is 5.56 Å². The van der Waals surface area contributed by atoms with E-state index in [9.17, 15) is 23.1 Å². The summed E-state index contributed by atoms with van der Waals surface area (Å²) in [5.74, 6) is 0. The molecule has 1 saturated heterocycles. The minimum absolute atomic E-state index is 0.00785. The van der Waals surface area contributed by atoms with Crippen molar-refractivity contribution in [3.63, 3.8) is 0 Å². The van der Waals surface area contributed by atoms with Gasteiger partial charge in [0.2, 0.25) is 0 Å². The minimum atomic E-state index is -4.63. The first-order valence-corrected chi connectivity index (χ1v) is 6.35. The van der Waals surface area contributed by atoms with Crippen LogP contribution in [0.5, 0.6) is 0 Å². The predicted molar refractivity (Wildman–Crippen MR) is 68.9 cm³/mol. The molecule has 112 valence electrons. The second-order valence-corrected chi connectivity index (χ2v) is 4.95. The maximum atomic E-state index is 13.0. The number of hydrogen-bond acceptors (Lipinski definition) is 4. The van der Waals surface area contributed by atoms with Gasteiger partial charge < -0.3 is 10.4 Å². The van der Waals surface area contributed by atoms with Crippen molar-refractivity contribution < 1.29 is 18.3 Å². The van der Waals surface area contributed by atoms with Crippen LogP contribution in [0.25, 0.3) is 10.9 Å². The van der Waals surface area contributed by atoms with Gasteiger partial charge in [-0.25, -0.2) is 4.98 Å². The summed E-state index contributed by atoms with van der Waals surface area (Å²) in [7, 11) is 0. The molecule has 2 heterocycles. The molecule has 0 unspecified atom stereocenters. The maximum absolute atomic E-state index is 13.0. The Bertz CT molecular complexity index is 741. The topological polar surface area (TPSA) is 67.2 Å². The molecule has 0 spiro atoms. The van der Waals surface area contributed by atoms with Crippen LogP contribution in [0.15, 0.2) is 29.3 Å². The third-order valence-electron chi connectivity index (χ3n) is 3.63. The van der Waals surface area contributed by atoms with E-state index in [4.69, 9.17) is 0 Å². The number of fused-ring (bicyclic) bond motifs is 1. The number of nitrogens with zero attached hydrogens (tertiary/aromatic N) is 2. The van der Waals surface area contributed by atoms with E-state index in [1.54, 1.807) is 0 Å². The zero-order valence-electron chi connectivity index (χ0n) is 10.8. The van der Waals surface area contributed by atoms with Gasteiger partial charge >= 0.3 is 6.18 Å². The van der Waals surface area contributed by atoms with Gasteiger partial charge in [-0.15, -0.1) is 0 Å². The Balaban J connectivity index is 2.27. The molecule has 0 saturated carbocycles. The number of halogens is 3. The molecule has 0 amide bonds. The molecule has 2 atom stereocenters. The second kappa shape index (κ2) is 4.81. The first kappa shape index (κ1) is 14.0. The summed E-state index contributed by atoms with van der Waals surface area (Å²) < 4.78 is 40.2. The van der Waals surface area contributed by atoms with Crippen LogP contribution in [0.2, 0.25) is 0 Å². The zero-order valence-corrected chi connectivity index (χ0v) is 10.8. The van der Waals surface area contributed by atoms with Crippen LogP contribution in [0.3, 0.4) is 0 Å². The lowest BCUT2D eigenvalue weighted by atomic mass is 10.1. The lowest BCUT2D eigenvalue weighted by Crippen LogP contribution is -2.32. The van der Waals surface area contributed by atoms with Crippen LogP contribution >= 0.6 is 0 Å². The van der Waals surface area contributed by atoms with E-state index in [1.807, 2.05) is 0 Å². The fraction of sp³-hybridized carbons (Fsp3) is 0.385. The Morgan fingerprint density at radius 2 is 2.10 bits per heavy atom. The standard InChI is InChI=1S/C13H12F3N3O2/c14-13(15,16)7-2-1-3-8-11(7)12(21)19(6-18-8)9-4-17-5-10(9)20/h1-3,6,9-10,17,20H,4-5H2/t9-,10-/m1/s1. The van der Waals surface area contributed by atoms with Crippen LogP contribution in [0.1, 0.15) is 11.6 Å². The number of hydrogen-bond donors (Lipinski definition) is 2. The quantitative estimate of drug-likeness (QED) is 0.822. The molecule has 1 aliphatic rings. The van der Waals surface area contributed by atoms with Crippen LogP contribution < -0.4 is 10.9 Å². The van der Waals surface area contributed by atoms with Crippen LogP contribution in [-0.4, -0.2) is 33.9 Å². The highest BCUT2D eigenvalue weighted by Gasteiger charge is 2.35. The van der Waals surface area contributed by atoms with E-state index in [-0.39, 0.29) is 12.1 Å². The van der Waals surface area contributed by atoms with E-state index in [2.05, 4.69) is 10.3 Å². The summed E-state index contributed by atoms with van der Waals surface area (Å²) in [6.07, 6.45) is -4.28. The third-order valence-corrected chi connectivity index (χ3v) is 3.63. The molecule has 2 N–H and O–H groups in total. The zero-order chi connectivity index (χ0) is 15.2. The molecule has 3 rings (SSSR count). The highest BCUT2D eigenvalue weighted by Crippen LogP contribution is 2.32. The molecule has 1 fully saturated rings.